The molecule has 0 saturated carbocycles. The summed E-state index contributed by atoms with van der Waals surface area (Å²) < 4.78 is 5.66. The molecule has 1 aromatic rings. The van der Waals surface area contributed by atoms with E-state index in [2.05, 4.69) is 27.8 Å². The van der Waals surface area contributed by atoms with Crippen LogP contribution in [0.2, 0.25) is 0 Å². The number of ether oxygens (including phenoxy) is 1. The average molecular weight is 267 g/mol. The van der Waals surface area contributed by atoms with E-state index in [4.69, 9.17) is 4.74 Å². The summed E-state index contributed by atoms with van der Waals surface area (Å²) in [5, 5.41) is 0.910. The first-order chi connectivity index (χ1) is 7.24. The fraction of sp³-hybridized carbons (Fsp3) is 0.385. The lowest BCUT2D eigenvalue weighted by Crippen LogP contribution is -2.06. The number of halogens is 1. The summed E-state index contributed by atoms with van der Waals surface area (Å²) in [4.78, 5) is 0. The molecular weight excluding hydrogens is 252 g/mol. The smallest absolute Gasteiger partial charge is 0.135 e. The van der Waals surface area contributed by atoms with Gasteiger partial charge in [0, 0.05) is 11.8 Å². The Bertz CT molecular complexity index is 360. The van der Waals surface area contributed by atoms with Crippen LogP contribution in [0.5, 0.6) is 5.75 Å². The first kappa shape index (κ1) is 12.1. The van der Waals surface area contributed by atoms with Crippen molar-refractivity contribution >= 4 is 15.9 Å². The Kier molecular flexibility index (Phi) is 5.28. The highest BCUT2D eigenvalue weighted by Gasteiger charge is 2.01. The molecule has 0 aromatic heterocycles. The normalized spacial score (nSPS) is 9.60. The molecule has 80 valence electrons. The molecule has 0 spiro atoms. The zero-order chi connectivity index (χ0) is 11.1. The van der Waals surface area contributed by atoms with E-state index in [0.717, 1.165) is 23.1 Å². The lowest BCUT2D eigenvalue weighted by molar-refractivity contribution is 0.242. The molecule has 1 nitrogen and oxygen atoms in total. The van der Waals surface area contributed by atoms with Gasteiger partial charge in [0.25, 0.3) is 0 Å². The Balaban J connectivity index is 2.83. The van der Waals surface area contributed by atoms with Crippen molar-refractivity contribution < 1.29 is 4.74 Å². The topological polar surface area (TPSA) is 9.23 Å². The fourth-order valence-corrected chi connectivity index (χ4v) is 1.33. The third-order valence-electron chi connectivity index (χ3n) is 1.69. The van der Waals surface area contributed by atoms with Crippen LogP contribution in [0.15, 0.2) is 24.3 Å². The lowest BCUT2D eigenvalue weighted by Gasteiger charge is -2.10. The van der Waals surface area contributed by atoms with Gasteiger partial charge < -0.3 is 4.74 Å². The summed E-state index contributed by atoms with van der Waals surface area (Å²) in [6, 6.07) is 7.88. The van der Waals surface area contributed by atoms with Crippen LogP contribution in [0.1, 0.15) is 25.8 Å². The minimum atomic E-state index is 0.184. The van der Waals surface area contributed by atoms with Gasteiger partial charge in [0.1, 0.15) is 5.75 Å². The first-order valence-electron chi connectivity index (χ1n) is 5.04. The van der Waals surface area contributed by atoms with Gasteiger partial charge in [0.15, 0.2) is 0 Å². The molecule has 0 fully saturated rings. The second kappa shape index (κ2) is 6.53. The van der Waals surface area contributed by atoms with Gasteiger partial charge >= 0.3 is 0 Å². The highest BCUT2D eigenvalue weighted by molar-refractivity contribution is 9.09. The zero-order valence-corrected chi connectivity index (χ0v) is 10.7. The van der Waals surface area contributed by atoms with Crippen molar-refractivity contribution in [3.8, 4) is 17.6 Å². The molecule has 0 bridgehead atoms. The molecule has 0 aliphatic carbocycles. The molecule has 1 rings (SSSR count). The van der Waals surface area contributed by atoms with E-state index >= 15 is 0 Å². The van der Waals surface area contributed by atoms with E-state index < -0.39 is 0 Å². The molecule has 0 aliphatic rings. The minimum Gasteiger partial charge on any atom is -0.490 e. The summed E-state index contributed by atoms with van der Waals surface area (Å²) in [5.41, 5.74) is 0.965. The number of benzene rings is 1. The highest BCUT2D eigenvalue weighted by Crippen LogP contribution is 2.18. The Hall–Kier alpha value is -0.940. The van der Waals surface area contributed by atoms with Crippen molar-refractivity contribution in [2.45, 2.75) is 26.4 Å². The molecule has 0 heterocycles. The van der Waals surface area contributed by atoms with Crippen LogP contribution in [0, 0.1) is 11.8 Å². The van der Waals surface area contributed by atoms with Gasteiger partial charge in [-0.15, -0.1) is 0 Å². The highest BCUT2D eigenvalue weighted by atomic mass is 79.9. The molecule has 1 aromatic carbocycles. The van der Waals surface area contributed by atoms with E-state index in [1.165, 1.54) is 0 Å². The van der Waals surface area contributed by atoms with Crippen LogP contribution in [0.4, 0.5) is 0 Å². The molecule has 0 saturated heterocycles. The van der Waals surface area contributed by atoms with Gasteiger partial charge in [-0.2, -0.15) is 0 Å². The van der Waals surface area contributed by atoms with Gasteiger partial charge in [-0.25, -0.2) is 0 Å². The van der Waals surface area contributed by atoms with Crippen LogP contribution in [0.3, 0.4) is 0 Å². The number of rotatable bonds is 3. The molecular formula is C13H15BrO. The van der Waals surface area contributed by atoms with Crippen molar-refractivity contribution in [3.63, 3.8) is 0 Å². The Morgan fingerprint density at radius 3 is 2.73 bits per heavy atom. The molecule has 0 radical (unpaired) electrons. The average Bonchev–Trinajstić information content (AvgIpc) is 2.20. The van der Waals surface area contributed by atoms with Crippen molar-refractivity contribution in [2.75, 3.05) is 5.33 Å². The standard InChI is InChI=1S/C13H15BrO/c1-11(2)15-13-9-4-3-7-12(13)8-5-6-10-14/h3-4,7,9,11H,6,10H2,1-2H3. The van der Waals surface area contributed by atoms with E-state index in [9.17, 15) is 0 Å². The maximum atomic E-state index is 5.66. The van der Waals surface area contributed by atoms with Gasteiger partial charge in [0.05, 0.1) is 11.7 Å². The molecule has 0 atom stereocenters. The predicted octanol–water partition coefficient (Wildman–Crippen LogP) is 3.61. The molecule has 0 amide bonds. The van der Waals surface area contributed by atoms with Gasteiger partial charge in [-0.05, 0) is 26.0 Å². The summed E-state index contributed by atoms with van der Waals surface area (Å²) >= 11 is 3.35. The largest absolute Gasteiger partial charge is 0.490 e. The number of para-hydroxylation sites is 1. The quantitative estimate of drug-likeness (QED) is 0.600. The number of hydrogen-bond acceptors (Lipinski definition) is 1. The summed E-state index contributed by atoms with van der Waals surface area (Å²) in [6.07, 6.45) is 1.04. The third kappa shape index (κ3) is 4.40. The number of hydrogen-bond donors (Lipinski definition) is 0. The van der Waals surface area contributed by atoms with Crippen LogP contribution in [-0.4, -0.2) is 11.4 Å². The third-order valence-corrected chi connectivity index (χ3v) is 2.09. The minimum absolute atomic E-state index is 0.184. The van der Waals surface area contributed by atoms with Crippen molar-refractivity contribution in [3.05, 3.63) is 29.8 Å². The van der Waals surface area contributed by atoms with Crippen molar-refractivity contribution in [1.29, 1.82) is 0 Å². The van der Waals surface area contributed by atoms with Crippen LogP contribution < -0.4 is 4.74 Å². The van der Waals surface area contributed by atoms with E-state index in [0.29, 0.717) is 0 Å². The molecule has 0 N–H and O–H groups in total. The lowest BCUT2D eigenvalue weighted by atomic mass is 10.2. The van der Waals surface area contributed by atoms with E-state index in [1.54, 1.807) is 0 Å². The van der Waals surface area contributed by atoms with Crippen LogP contribution in [-0.2, 0) is 0 Å². The Morgan fingerprint density at radius 1 is 1.33 bits per heavy atom. The summed E-state index contributed by atoms with van der Waals surface area (Å²) in [6.45, 7) is 4.03. The van der Waals surface area contributed by atoms with Gasteiger partial charge in [0.2, 0.25) is 0 Å². The SMILES string of the molecule is CC(C)Oc1ccccc1C#CCCBr. The zero-order valence-electron chi connectivity index (χ0n) is 9.09. The summed E-state index contributed by atoms with van der Waals surface area (Å²) in [5.74, 6) is 7.07. The van der Waals surface area contributed by atoms with Gasteiger partial charge in [-0.1, -0.05) is 39.9 Å². The van der Waals surface area contributed by atoms with Crippen LogP contribution in [0.25, 0.3) is 0 Å². The van der Waals surface area contributed by atoms with Gasteiger partial charge in [-0.3, -0.25) is 0 Å². The molecule has 2 heteroatoms. The second-order valence-electron chi connectivity index (χ2n) is 3.40. The first-order valence-corrected chi connectivity index (χ1v) is 6.16. The summed E-state index contributed by atoms with van der Waals surface area (Å²) in [7, 11) is 0. The van der Waals surface area contributed by atoms with Crippen LogP contribution >= 0.6 is 15.9 Å². The van der Waals surface area contributed by atoms with Crippen molar-refractivity contribution in [1.82, 2.24) is 0 Å². The monoisotopic (exact) mass is 266 g/mol. The molecule has 0 unspecified atom stereocenters. The predicted molar refractivity (Wildman–Crippen MR) is 67.5 cm³/mol. The molecule has 0 aliphatic heterocycles. The molecule has 15 heavy (non-hydrogen) atoms. The Morgan fingerprint density at radius 2 is 2.07 bits per heavy atom. The fourth-order valence-electron chi connectivity index (χ4n) is 1.13. The number of alkyl halides is 1. The van der Waals surface area contributed by atoms with E-state index in [1.807, 2.05) is 38.1 Å². The van der Waals surface area contributed by atoms with Crippen molar-refractivity contribution in [2.24, 2.45) is 0 Å². The second-order valence-corrected chi connectivity index (χ2v) is 4.20. The van der Waals surface area contributed by atoms with E-state index in [-0.39, 0.29) is 6.10 Å². The Labute approximate surface area is 100.0 Å². The maximum Gasteiger partial charge on any atom is 0.135 e. The maximum absolute atomic E-state index is 5.66.